The Balaban J connectivity index is 1.95. The van der Waals surface area contributed by atoms with Gasteiger partial charge in [-0.05, 0) is 18.2 Å². The van der Waals surface area contributed by atoms with Gasteiger partial charge in [-0.1, -0.05) is 59.6 Å². The van der Waals surface area contributed by atoms with Crippen LogP contribution in [0, 0.1) is 0 Å². The van der Waals surface area contributed by atoms with E-state index in [0.29, 0.717) is 26.9 Å². The molecule has 8 heteroatoms. The zero-order valence-electron chi connectivity index (χ0n) is 13.5. The number of fused-ring (bicyclic) bond motifs is 1. The molecular formula is C19H10Cl2F3N3. The fourth-order valence-electron chi connectivity index (χ4n) is 2.73. The van der Waals surface area contributed by atoms with Crippen LogP contribution in [0.15, 0.2) is 60.7 Å². The molecule has 0 saturated heterocycles. The highest BCUT2D eigenvalue weighted by molar-refractivity contribution is 6.42. The third-order valence-electron chi connectivity index (χ3n) is 4.00. The van der Waals surface area contributed by atoms with Crippen LogP contribution in [0.4, 0.5) is 13.2 Å². The first-order chi connectivity index (χ1) is 12.8. The Morgan fingerprint density at radius 3 is 2.19 bits per heavy atom. The number of nitrogens with zero attached hydrogens (tertiary/aromatic N) is 3. The van der Waals surface area contributed by atoms with Gasteiger partial charge < -0.3 is 0 Å². The third kappa shape index (κ3) is 3.38. The quantitative estimate of drug-likeness (QED) is 0.385. The van der Waals surface area contributed by atoms with Crippen molar-refractivity contribution < 1.29 is 13.2 Å². The molecule has 136 valence electrons. The standard InChI is InChI=1S/C19H10Cl2F3N3/c20-13-7-6-12(8-14(13)21)16-10-18-25-15(11-4-2-1-3-5-11)9-17(19(22,23)24)27(18)26-16/h1-10H. The molecule has 0 aliphatic rings. The fraction of sp³-hybridized carbons (Fsp3) is 0.0526. The topological polar surface area (TPSA) is 30.2 Å². The second kappa shape index (κ2) is 6.55. The van der Waals surface area contributed by atoms with Gasteiger partial charge in [-0.2, -0.15) is 18.3 Å². The molecule has 0 spiro atoms. The summed E-state index contributed by atoms with van der Waals surface area (Å²) < 4.78 is 41.6. The van der Waals surface area contributed by atoms with Gasteiger partial charge in [0.05, 0.1) is 21.4 Å². The van der Waals surface area contributed by atoms with Crippen molar-refractivity contribution in [1.29, 1.82) is 0 Å². The molecule has 4 rings (SSSR count). The second-order valence-corrected chi connectivity index (χ2v) is 6.63. The molecule has 4 aromatic rings. The number of benzene rings is 2. The Morgan fingerprint density at radius 1 is 0.778 bits per heavy atom. The van der Waals surface area contributed by atoms with Crippen molar-refractivity contribution in [3.05, 3.63) is 76.4 Å². The molecule has 2 aromatic heterocycles. The molecule has 0 N–H and O–H groups in total. The molecule has 0 bridgehead atoms. The van der Waals surface area contributed by atoms with Crippen LogP contribution < -0.4 is 0 Å². The SMILES string of the molecule is FC(F)(F)c1cc(-c2ccccc2)nc2cc(-c3ccc(Cl)c(Cl)c3)nn12. The van der Waals surface area contributed by atoms with Crippen molar-refractivity contribution in [2.75, 3.05) is 0 Å². The van der Waals surface area contributed by atoms with Gasteiger partial charge in [0.2, 0.25) is 0 Å². The van der Waals surface area contributed by atoms with E-state index < -0.39 is 11.9 Å². The molecule has 0 aliphatic carbocycles. The predicted molar refractivity (Wildman–Crippen MR) is 98.9 cm³/mol. The summed E-state index contributed by atoms with van der Waals surface area (Å²) in [6.07, 6.45) is -4.59. The largest absolute Gasteiger partial charge is 0.433 e. The van der Waals surface area contributed by atoms with Crippen LogP contribution >= 0.6 is 23.2 Å². The summed E-state index contributed by atoms with van der Waals surface area (Å²) >= 11 is 11.9. The maximum absolute atomic E-state index is 13.6. The van der Waals surface area contributed by atoms with Crippen molar-refractivity contribution in [3.63, 3.8) is 0 Å². The number of hydrogen-bond donors (Lipinski definition) is 0. The highest BCUT2D eigenvalue weighted by Crippen LogP contribution is 2.34. The lowest BCUT2D eigenvalue weighted by Crippen LogP contribution is -2.13. The molecular weight excluding hydrogens is 398 g/mol. The average Bonchev–Trinajstić information content (AvgIpc) is 3.07. The number of hydrogen-bond acceptors (Lipinski definition) is 2. The highest BCUT2D eigenvalue weighted by Gasteiger charge is 2.35. The van der Waals surface area contributed by atoms with Crippen molar-refractivity contribution in [3.8, 4) is 22.5 Å². The van der Waals surface area contributed by atoms with Crippen LogP contribution in [-0.4, -0.2) is 14.6 Å². The van der Waals surface area contributed by atoms with Gasteiger partial charge in [0.25, 0.3) is 0 Å². The summed E-state index contributed by atoms with van der Waals surface area (Å²) in [5.74, 6) is 0. The molecule has 0 amide bonds. The number of rotatable bonds is 2. The van der Waals surface area contributed by atoms with E-state index in [1.54, 1.807) is 48.5 Å². The minimum absolute atomic E-state index is 0.0877. The van der Waals surface area contributed by atoms with Crippen LogP contribution in [0.2, 0.25) is 10.0 Å². The van der Waals surface area contributed by atoms with E-state index >= 15 is 0 Å². The van der Waals surface area contributed by atoms with Crippen molar-refractivity contribution in [2.24, 2.45) is 0 Å². The molecule has 27 heavy (non-hydrogen) atoms. The van der Waals surface area contributed by atoms with Gasteiger partial charge in [-0.3, -0.25) is 0 Å². The summed E-state index contributed by atoms with van der Waals surface area (Å²) in [6.45, 7) is 0. The summed E-state index contributed by atoms with van der Waals surface area (Å²) in [5, 5.41) is 4.73. The van der Waals surface area contributed by atoms with Crippen LogP contribution in [-0.2, 0) is 6.18 Å². The normalized spacial score (nSPS) is 11.9. The summed E-state index contributed by atoms with van der Waals surface area (Å²) in [5.41, 5.74) is 0.849. The minimum Gasteiger partial charge on any atom is -0.228 e. The number of aromatic nitrogens is 3. The summed E-state index contributed by atoms with van der Waals surface area (Å²) in [7, 11) is 0. The van der Waals surface area contributed by atoms with E-state index in [4.69, 9.17) is 23.2 Å². The lowest BCUT2D eigenvalue weighted by Gasteiger charge is -2.11. The van der Waals surface area contributed by atoms with Gasteiger partial charge in [-0.25, -0.2) is 9.50 Å². The van der Waals surface area contributed by atoms with Crippen LogP contribution in [0.1, 0.15) is 5.69 Å². The lowest BCUT2D eigenvalue weighted by atomic mass is 10.1. The summed E-state index contributed by atoms with van der Waals surface area (Å²) in [4.78, 5) is 4.35. The molecule has 0 saturated carbocycles. The molecule has 2 heterocycles. The molecule has 0 aliphatic heterocycles. The minimum atomic E-state index is -4.59. The molecule has 0 fully saturated rings. The molecule has 0 atom stereocenters. The van der Waals surface area contributed by atoms with Gasteiger partial charge in [0.1, 0.15) is 0 Å². The summed E-state index contributed by atoms with van der Waals surface area (Å²) in [6, 6.07) is 15.9. The maximum Gasteiger partial charge on any atom is 0.433 e. The van der Waals surface area contributed by atoms with Crippen molar-refractivity contribution >= 4 is 28.8 Å². The zero-order valence-corrected chi connectivity index (χ0v) is 15.0. The van der Waals surface area contributed by atoms with Gasteiger partial charge in [0, 0.05) is 17.2 Å². The Labute approximate surface area is 162 Å². The third-order valence-corrected chi connectivity index (χ3v) is 4.74. The van der Waals surface area contributed by atoms with Crippen molar-refractivity contribution in [1.82, 2.24) is 14.6 Å². The van der Waals surface area contributed by atoms with E-state index in [-0.39, 0.29) is 11.3 Å². The van der Waals surface area contributed by atoms with Gasteiger partial charge >= 0.3 is 6.18 Å². The average molecular weight is 408 g/mol. The monoisotopic (exact) mass is 407 g/mol. The molecule has 3 nitrogen and oxygen atoms in total. The second-order valence-electron chi connectivity index (χ2n) is 5.82. The van der Waals surface area contributed by atoms with Crippen molar-refractivity contribution in [2.45, 2.75) is 6.18 Å². The van der Waals surface area contributed by atoms with E-state index in [9.17, 15) is 13.2 Å². The molecule has 0 radical (unpaired) electrons. The zero-order chi connectivity index (χ0) is 19.2. The maximum atomic E-state index is 13.6. The number of halogens is 5. The first-order valence-electron chi connectivity index (χ1n) is 7.82. The Hall–Kier alpha value is -2.57. The smallest absolute Gasteiger partial charge is 0.228 e. The highest BCUT2D eigenvalue weighted by atomic mass is 35.5. The van der Waals surface area contributed by atoms with E-state index in [0.717, 1.165) is 10.6 Å². The van der Waals surface area contributed by atoms with Gasteiger partial charge in [-0.15, -0.1) is 0 Å². The lowest BCUT2D eigenvalue weighted by molar-refractivity contribution is -0.142. The van der Waals surface area contributed by atoms with Gasteiger partial charge in [0.15, 0.2) is 11.3 Å². The Bertz CT molecular complexity index is 1140. The Kier molecular flexibility index (Phi) is 4.32. The molecule has 0 unspecified atom stereocenters. The first-order valence-corrected chi connectivity index (χ1v) is 8.57. The predicted octanol–water partition coefficient (Wildman–Crippen LogP) is 6.39. The van der Waals surface area contributed by atoms with E-state index in [1.165, 1.54) is 6.07 Å². The van der Waals surface area contributed by atoms with Crippen LogP contribution in [0.25, 0.3) is 28.2 Å². The Morgan fingerprint density at radius 2 is 1.52 bits per heavy atom. The molecule has 2 aromatic carbocycles. The number of alkyl halides is 3. The fourth-order valence-corrected chi connectivity index (χ4v) is 3.03. The first kappa shape index (κ1) is 17.8. The van der Waals surface area contributed by atoms with Crippen LogP contribution in [0.5, 0.6) is 0 Å². The van der Waals surface area contributed by atoms with E-state index in [1.807, 2.05) is 0 Å². The van der Waals surface area contributed by atoms with E-state index in [2.05, 4.69) is 10.1 Å². The van der Waals surface area contributed by atoms with Crippen LogP contribution in [0.3, 0.4) is 0 Å².